The van der Waals surface area contributed by atoms with Gasteiger partial charge in [0.1, 0.15) is 0 Å². The van der Waals surface area contributed by atoms with Crippen molar-refractivity contribution in [3.63, 3.8) is 0 Å². The summed E-state index contributed by atoms with van der Waals surface area (Å²) in [5, 5.41) is 14.4. The van der Waals surface area contributed by atoms with E-state index in [1.807, 2.05) is 0 Å². The SMILES string of the molecule is COC(=O)c1cccc([N+](=O)[O-])c1C1CCNCC1. The van der Waals surface area contributed by atoms with Crippen LogP contribution in [0.4, 0.5) is 5.69 Å². The molecule has 19 heavy (non-hydrogen) atoms. The van der Waals surface area contributed by atoms with Crippen LogP contribution in [0.5, 0.6) is 0 Å². The lowest BCUT2D eigenvalue weighted by molar-refractivity contribution is -0.385. The van der Waals surface area contributed by atoms with Crippen molar-refractivity contribution >= 4 is 11.7 Å². The van der Waals surface area contributed by atoms with Crippen LogP contribution in [0.3, 0.4) is 0 Å². The van der Waals surface area contributed by atoms with Crippen LogP contribution in [0.15, 0.2) is 18.2 Å². The van der Waals surface area contributed by atoms with Crippen molar-refractivity contribution in [1.29, 1.82) is 0 Å². The molecule has 1 N–H and O–H groups in total. The molecule has 1 aromatic carbocycles. The molecule has 6 nitrogen and oxygen atoms in total. The molecule has 0 aliphatic carbocycles. The van der Waals surface area contributed by atoms with E-state index in [1.54, 1.807) is 6.07 Å². The number of carbonyl (C=O) groups excluding carboxylic acids is 1. The molecule has 6 heteroatoms. The standard InChI is InChI=1S/C13H16N2O4/c1-19-13(16)10-3-2-4-11(15(17)18)12(10)9-5-7-14-8-6-9/h2-4,9,14H,5-8H2,1H3. The van der Waals surface area contributed by atoms with Crippen molar-refractivity contribution in [2.24, 2.45) is 0 Å². The van der Waals surface area contributed by atoms with Gasteiger partial charge in [0.15, 0.2) is 0 Å². The highest BCUT2D eigenvalue weighted by atomic mass is 16.6. The summed E-state index contributed by atoms with van der Waals surface area (Å²) in [7, 11) is 1.29. The van der Waals surface area contributed by atoms with Gasteiger partial charge in [-0.05, 0) is 37.9 Å². The first-order valence-electron chi connectivity index (χ1n) is 6.21. The van der Waals surface area contributed by atoms with Crippen LogP contribution < -0.4 is 5.32 Å². The summed E-state index contributed by atoms with van der Waals surface area (Å²) in [5.74, 6) is -0.491. The number of rotatable bonds is 3. The van der Waals surface area contributed by atoms with Gasteiger partial charge in [0.2, 0.25) is 0 Å². The summed E-state index contributed by atoms with van der Waals surface area (Å²) in [6.07, 6.45) is 1.57. The van der Waals surface area contributed by atoms with Crippen molar-refractivity contribution in [3.05, 3.63) is 39.4 Å². The van der Waals surface area contributed by atoms with Crippen molar-refractivity contribution < 1.29 is 14.5 Å². The maximum atomic E-state index is 11.8. The van der Waals surface area contributed by atoms with E-state index in [0.717, 1.165) is 25.9 Å². The maximum Gasteiger partial charge on any atom is 0.338 e. The number of piperidine rings is 1. The molecule has 0 bridgehead atoms. The lowest BCUT2D eigenvalue weighted by atomic mass is 9.86. The van der Waals surface area contributed by atoms with Crippen molar-refractivity contribution in [2.75, 3.05) is 20.2 Å². The Morgan fingerprint density at radius 1 is 1.42 bits per heavy atom. The molecule has 0 atom stereocenters. The van der Waals surface area contributed by atoms with Gasteiger partial charge in [0.25, 0.3) is 5.69 Å². The van der Waals surface area contributed by atoms with Gasteiger partial charge in [-0.15, -0.1) is 0 Å². The highest BCUT2D eigenvalue weighted by Crippen LogP contribution is 2.35. The van der Waals surface area contributed by atoms with Gasteiger partial charge in [-0.3, -0.25) is 10.1 Å². The molecular weight excluding hydrogens is 248 g/mol. The second kappa shape index (κ2) is 5.79. The van der Waals surface area contributed by atoms with Crippen molar-refractivity contribution in [3.8, 4) is 0 Å². The molecule has 0 aromatic heterocycles. The normalized spacial score (nSPS) is 16.1. The minimum absolute atomic E-state index is 0.00907. The molecule has 0 unspecified atom stereocenters. The molecule has 0 spiro atoms. The zero-order valence-corrected chi connectivity index (χ0v) is 10.7. The van der Waals surface area contributed by atoms with Gasteiger partial charge >= 0.3 is 5.97 Å². The number of hydrogen-bond donors (Lipinski definition) is 1. The topological polar surface area (TPSA) is 81.5 Å². The maximum absolute atomic E-state index is 11.8. The van der Waals surface area contributed by atoms with E-state index in [0.29, 0.717) is 11.1 Å². The lowest BCUT2D eigenvalue weighted by Gasteiger charge is -2.24. The number of ether oxygens (including phenoxy) is 1. The summed E-state index contributed by atoms with van der Waals surface area (Å²) in [4.78, 5) is 22.5. The van der Waals surface area contributed by atoms with Gasteiger partial charge in [0.05, 0.1) is 17.6 Å². The summed E-state index contributed by atoms with van der Waals surface area (Å²) in [6.45, 7) is 1.61. The van der Waals surface area contributed by atoms with E-state index in [4.69, 9.17) is 4.74 Å². The number of nitro benzene ring substituents is 1. The smallest absolute Gasteiger partial charge is 0.338 e. The molecule has 0 amide bonds. The highest BCUT2D eigenvalue weighted by Gasteiger charge is 2.29. The molecular formula is C13H16N2O4. The second-order valence-electron chi connectivity index (χ2n) is 4.51. The average Bonchev–Trinajstić information content (AvgIpc) is 2.46. The predicted octanol–water partition coefficient (Wildman–Crippen LogP) is 1.85. The molecule has 0 radical (unpaired) electrons. The average molecular weight is 264 g/mol. The summed E-state index contributed by atoms with van der Waals surface area (Å²) < 4.78 is 4.73. The first kappa shape index (κ1) is 13.5. The molecule has 0 saturated carbocycles. The first-order valence-corrected chi connectivity index (χ1v) is 6.21. The number of nitrogens with one attached hydrogen (secondary N) is 1. The molecule has 1 aliphatic heterocycles. The summed E-state index contributed by atoms with van der Waals surface area (Å²) in [5.41, 5.74) is 0.833. The fraction of sp³-hybridized carbons (Fsp3) is 0.462. The van der Waals surface area contributed by atoms with Gasteiger partial charge in [-0.2, -0.15) is 0 Å². The van der Waals surface area contributed by atoms with Gasteiger partial charge in [-0.1, -0.05) is 6.07 Å². The van der Waals surface area contributed by atoms with E-state index in [2.05, 4.69) is 5.32 Å². The Balaban J connectivity index is 2.51. The monoisotopic (exact) mass is 264 g/mol. The predicted molar refractivity (Wildman–Crippen MR) is 69.3 cm³/mol. The highest BCUT2D eigenvalue weighted by molar-refractivity contribution is 5.92. The van der Waals surface area contributed by atoms with Crippen LogP contribution in [0.2, 0.25) is 0 Å². The van der Waals surface area contributed by atoms with E-state index in [-0.39, 0.29) is 11.6 Å². The van der Waals surface area contributed by atoms with Crippen LogP contribution >= 0.6 is 0 Å². The Hall–Kier alpha value is -1.95. The van der Waals surface area contributed by atoms with E-state index < -0.39 is 10.9 Å². The Morgan fingerprint density at radius 2 is 2.11 bits per heavy atom. The summed E-state index contributed by atoms with van der Waals surface area (Å²) in [6, 6.07) is 4.56. The number of nitro groups is 1. The van der Waals surface area contributed by atoms with E-state index in [9.17, 15) is 14.9 Å². The minimum Gasteiger partial charge on any atom is -0.465 e. The molecule has 1 saturated heterocycles. The van der Waals surface area contributed by atoms with Crippen LogP contribution in [-0.4, -0.2) is 31.1 Å². The first-order chi connectivity index (χ1) is 9.15. The third kappa shape index (κ3) is 2.73. The van der Waals surface area contributed by atoms with E-state index in [1.165, 1.54) is 19.2 Å². The Morgan fingerprint density at radius 3 is 2.68 bits per heavy atom. The van der Waals surface area contributed by atoms with Gasteiger partial charge in [-0.25, -0.2) is 4.79 Å². The number of nitrogens with zero attached hydrogens (tertiary/aromatic N) is 1. The number of hydrogen-bond acceptors (Lipinski definition) is 5. The Kier molecular flexibility index (Phi) is 4.11. The van der Waals surface area contributed by atoms with Crippen molar-refractivity contribution in [2.45, 2.75) is 18.8 Å². The molecule has 1 fully saturated rings. The minimum atomic E-state index is -0.516. The molecule has 102 valence electrons. The molecule has 1 aliphatic rings. The third-order valence-corrected chi connectivity index (χ3v) is 3.43. The molecule has 2 rings (SSSR count). The number of esters is 1. The number of benzene rings is 1. The van der Waals surface area contributed by atoms with E-state index >= 15 is 0 Å². The van der Waals surface area contributed by atoms with Crippen molar-refractivity contribution in [1.82, 2.24) is 5.32 Å². The molecule has 1 aromatic rings. The largest absolute Gasteiger partial charge is 0.465 e. The zero-order valence-electron chi connectivity index (χ0n) is 10.7. The Bertz CT molecular complexity index is 495. The summed E-state index contributed by atoms with van der Waals surface area (Å²) >= 11 is 0. The quantitative estimate of drug-likeness (QED) is 0.512. The van der Waals surface area contributed by atoms with Crippen LogP contribution in [0, 0.1) is 10.1 Å². The fourth-order valence-electron chi connectivity index (χ4n) is 2.54. The second-order valence-corrected chi connectivity index (χ2v) is 4.51. The Labute approximate surface area is 110 Å². The van der Waals surface area contributed by atoms with Gasteiger partial charge < -0.3 is 10.1 Å². The number of methoxy groups -OCH3 is 1. The third-order valence-electron chi connectivity index (χ3n) is 3.43. The lowest BCUT2D eigenvalue weighted by Crippen LogP contribution is -2.28. The van der Waals surface area contributed by atoms with Crippen LogP contribution in [0.1, 0.15) is 34.7 Å². The molecule has 1 heterocycles. The van der Waals surface area contributed by atoms with Crippen LogP contribution in [-0.2, 0) is 4.74 Å². The van der Waals surface area contributed by atoms with Gasteiger partial charge in [0, 0.05) is 11.6 Å². The van der Waals surface area contributed by atoms with Crippen LogP contribution in [0.25, 0.3) is 0 Å². The fourth-order valence-corrected chi connectivity index (χ4v) is 2.54. The number of carbonyl (C=O) groups is 1. The zero-order chi connectivity index (χ0) is 13.8.